The Balaban J connectivity index is 1.42. The molecule has 3 rings (SSSR count). The second-order valence-electron chi connectivity index (χ2n) is 7.27. The maximum atomic E-state index is 8.86. The summed E-state index contributed by atoms with van der Waals surface area (Å²) in [5.74, 6) is 1.78. The van der Waals surface area contributed by atoms with E-state index < -0.39 is 0 Å². The summed E-state index contributed by atoms with van der Waals surface area (Å²) in [7, 11) is 1.82. The number of nitriles is 1. The summed E-state index contributed by atoms with van der Waals surface area (Å²) in [6.07, 6.45) is 6.87. The Morgan fingerprint density at radius 1 is 1.24 bits per heavy atom. The van der Waals surface area contributed by atoms with Gasteiger partial charge in [-0.15, -0.1) is 0 Å². The molecule has 25 heavy (non-hydrogen) atoms. The molecular weight excluding hydrogens is 310 g/mol. The van der Waals surface area contributed by atoms with Gasteiger partial charge in [0, 0.05) is 39.3 Å². The first-order valence-electron chi connectivity index (χ1n) is 9.45. The highest BCUT2D eigenvalue weighted by Crippen LogP contribution is 2.26. The number of hydrogen-bond donors (Lipinski definition) is 2. The summed E-state index contributed by atoms with van der Waals surface area (Å²) >= 11 is 0. The topological polar surface area (TPSA) is 63.5 Å². The number of aliphatic imine (C=N–C) groups is 1. The van der Waals surface area contributed by atoms with E-state index in [9.17, 15) is 0 Å². The monoisotopic (exact) mass is 339 g/mol. The summed E-state index contributed by atoms with van der Waals surface area (Å²) in [6, 6.07) is 10.3. The molecule has 0 amide bonds. The standard InChI is InChI=1S/C20H29N5/c1-22-20(23-13-17-8-6-16(12-21)7-9-17)24-19-10-11-25(15-19)14-18-4-2-3-5-18/h6-9,18-19H,2-5,10-11,13-15H2,1H3,(H2,22,23,24). The molecule has 1 aliphatic heterocycles. The van der Waals surface area contributed by atoms with Crippen LogP contribution in [0.2, 0.25) is 0 Å². The fourth-order valence-electron chi connectivity index (χ4n) is 3.95. The van der Waals surface area contributed by atoms with Crippen LogP contribution in [-0.4, -0.2) is 43.6 Å². The van der Waals surface area contributed by atoms with Crippen molar-refractivity contribution in [3.63, 3.8) is 0 Å². The molecule has 2 N–H and O–H groups in total. The van der Waals surface area contributed by atoms with Crippen LogP contribution in [0.3, 0.4) is 0 Å². The van der Waals surface area contributed by atoms with Crippen LogP contribution in [0.25, 0.3) is 0 Å². The second-order valence-corrected chi connectivity index (χ2v) is 7.27. The first kappa shape index (κ1) is 17.8. The van der Waals surface area contributed by atoms with E-state index in [2.05, 4.69) is 26.6 Å². The smallest absolute Gasteiger partial charge is 0.191 e. The third kappa shape index (κ3) is 5.20. The molecular formula is C20H29N5. The van der Waals surface area contributed by atoms with E-state index in [0.717, 1.165) is 24.0 Å². The van der Waals surface area contributed by atoms with Gasteiger partial charge in [-0.3, -0.25) is 4.99 Å². The van der Waals surface area contributed by atoms with E-state index in [-0.39, 0.29) is 0 Å². The van der Waals surface area contributed by atoms with Gasteiger partial charge in [0.1, 0.15) is 0 Å². The van der Waals surface area contributed by atoms with Crippen LogP contribution in [0, 0.1) is 17.2 Å². The van der Waals surface area contributed by atoms with Gasteiger partial charge in [0.2, 0.25) is 0 Å². The van der Waals surface area contributed by atoms with Gasteiger partial charge in [-0.25, -0.2) is 0 Å². The Morgan fingerprint density at radius 3 is 2.68 bits per heavy atom. The number of rotatable bonds is 5. The Labute approximate surface area is 151 Å². The first-order chi connectivity index (χ1) is 12.3. The minimum absolute atomic E-state index is 0.480. The van der Waals surface area contributed by atoms with E-state index in [1.165, 1.54) is 45.2 Å². The van der Waals surface area contributed by atoms with Crippen LogP contribution >= 0.6 is 0 Å². The van der Waals surface area contributed by atoms with Gasteiger partial charge < -0.3 is 15.5 Å². The van der Waals surface area contributed by atoms with Crippen molar-refractivity contribution in [1.29, 1.82) is 5.26 Å². The average Bonchev–Trinajstić information content (AvgIpc) is 3.31. The normalized spacial score (nSPS) is 22.1. The third-order valence-corrected chi connectivity index (χ3v) is 5.37. The summed E-state index contributed by atoms with van der Waals surface area (Å²) < 4.78 is 0. The van der Waals surface area contributed by atoms with Gasteiger partial charge in [-0.05, 0) is 42.9 Å². The lowest BCUT2D eigenvalue weighted by Crippen LogP contribution is -2.44. The minimum Gasteiger partial charge on any atom is -0.352 e. The van der Waals surface area contributed by atoms with Crippen molar-refractivity contribution in [3.05, 3.63) is 35.4 Å². The van der Waals surface area contributed by atoms with Gasteiger partial charge >= 0.3 is 0 Å². The molecule has 2 aliphatic rings. The molecule has 1 saturated carbocycles. The van der Waals surface area contributed by atoms with Crippen molar-refractivity contribution in [2.45, 2.75) is 44.7 Å². The fourth-order valence-corrected chi connectivity index (χ4v) is 3.95. The van der Waals surface area contributed by atoms with Crippen LogP contribution in [0.4, 0.5) is 0 Å². The highest BCUT2D eigenvalue weighted by molar-refractivity contribution is 5.80. The molecule has 0 radical (unpaired) electrons. The van der Waals surface area contributed by atoms with Gasteiger partial charge in [0.05, 0.1) is 11.6 Å². The molecule has 1 aromatic carbocycles. The van der Waals surface area contributed by atoms with E-state index in [1.54, 1.807) is 0 Å². The molecule has 1 heterocycles. The number of nitrogens with one attached hydrogen (secondary N) is 2. The summed E-state index contributed by atoms with van der Waals surface area (Å²) in [5.41, 5.74) is 1.84. The largest absolute Gasteiger partial charge is 0.352 e. The van der Waals surface area contributed by atoms with Gasteiger partial charge in [0.15, 0.2) is 5.96 Å². The molecule has 0 spiro atoms. The molecule has 5 heteroatoms. The molecule has 0 bridgehead atoms. The Morgan fingerprint density at radius 2 is 2.00 bits per heavy atom. The highest BCUT2D eigenvalue weighted by atomic mass is 15.2. The van der Waals surface area contributed by atoms with Crippen LogP contribution in [0.5, 0.6) is 0 Å². The molecule has 1 aliphatic carbocycles. The lowest BCUT2D eigenvalue weighted by molar-refractivity contribution is 0.275. The SMILES string of the molecule is CN=C(NCc1ccc(C#N)cc1)NC1CCN(CC2CCCC2)C1. The Hall–Kier alpha value is -2.06. The van der Waals surface area contributed by atoms with E-state index in [0.29, 0.717) is 18.2 Å². The summed E-state index contributed by atoms with van der Waals surface area (Å²) in [6.45, 7) is 4.30. The fraction of sp³-hybridized carbons (Fsp3) is 0.600. The molecule has 2 fully saturated rings. The van der Waals surface area contributed by atoms with Gasteiger partial charge in [-0.2, -0.15) is 5.26 Å². The summed E-state index contributed by atoms with van der Waals surface area (Å²) in [4.78, 5) is 6.96. The van der Waals surface area contributed by atoms with Crippen molar-refractivity contribution in [1.82, 2.24) is 15.5 Å². The lowest BCUT2D eigenvalue weighted by Gasteiger charge is -2.21. The number of likely N-dealkylation sites (tertiary alicyclic amines) is 1. The third-order valence-electron chi connectivity index (χ3n) is 5.37. The lowest BCUT2D eigenvalue weighted by atomic mass is 10.1. The Bertz CT molecular complexity index is 610. The quantitative estimate of drug-likeness (QED) is 0.639. The van der Waals surface area contributed by atoms with Gasteiger partial charge in [-0.1, -0.05) is 25.0 Å². The van der Waals surface area contributed by atoms with Crippen LogP contribution in [0.15, 0.2) is 29.3 Å². The molecule has 1 atom stereocenters. The van der Waals surface area contributed by atoms with E-state index in [4.69, 9.17) is 5.26 Å². The van der Waals surface area contributed by atoms with Crippen molar-refractivity contribution in [2.24, 2.45) is 10.9 Å². The van der Waals surface area contributed by atoms with Crippen LogP contribution < -0.4 is 10.6 Å². The second kappa shape index (κ2) is 8.87. The number of benzene rings is 1. The maximum absolute atomic E-state index is 8.86. The van der Waals surface area contributed by atoms with E-state index >= 15 is 0 Å². The minimum atomic E-state index is 0.480. The average molecular weight is 339 g/mol. The van der Waals surface area contributed by atoms with Crippen LogP contribution in [-0.2, 0) is 6.54 Å². The molecule has 5 nitrogen and oxygen atoms in total. The van der Waals surface area contributed by atoms with Gasteiger partial charge in [0.25, 0.3) is 0 Å². The molecule has 1 unspecified atom stereocenters. The Kier molecular flexibility index (Phi) is 6.30. The molecule has 1 aromatic rings. The van der Waals surface area contributed by atoms with Crippen molar-refractivity contribution in [3.8, 4) is 6.07 Å². The zero-order valence-electron chi connectivity index (χ0n) is 15.2. The van der Waals surface area contributed by atoms with E-state index in [1.807, 2.05) is 31.3 Å². The maximum Gasteiger partial charge on any atom is 0.191 e. The number of hydrogen-bond acceptors (Lipinski definition) is 3. The molecule has 0 aromatic heterocycles. The molecule has 1 saturated heterocycles. The predicted octanol–water partition coefficient (Wildman–Crippen LogP) is 2.49. The number of nitrogens with zero attached hydrogens (tertiary/aromatic N) is 3. The molecule has 134 valence electrons. The van der Waals surface area contributed by atoms with Crippen molar-refractivity contribution < 1.29 is 0 Å². The zero-order valence-corrected chi connectivity index (χ0v) is 15.2. The van der Waals surface area contributed by atoms with Crippen molar-refractivity contribution in [2.75, 3.05) is 26.7 Å². The summed E-state index contributed by atoms with van der Waals surface area (Å²) in [5, 5.41) is 15.8. The highest BCUT2D eigenvalue weighted by Gasteiger charge is 2.26. The predicted molar refractivity (Wildman–Crippen MR) is 101 cm³/mol. The van der Waals surface area contributed by atoms with Crippen molar-refractivity contribution >= 4 is 5.96 Å². The zero-order chi connectivity index (χ0) is 17.5. The first-order valence-corrected chi connectivity index (χ1v) is 9.45. The number of guanidine groups is 1. The van der Waals surface area contributed by atoms with Crippen LogP contribution in [0.1, 0.15) is 43.2 Å².